The van der Waals surface area contributed by atoms with Crippen molar-refractivity contribution < 1.29 is 9.53 Å². The van der Waals surface area contributed by atoms with E-state index >= 15 is 0 Å². The molecule has 0 saturated carbocycles. The van der Waals surface area contributed by atoms with Gasteiger partial charge in [0.2, 0.25) is 5.91 Å². The summed E-state index contributed by atoms with van der Waals surface area (Å²) in [5, 5.41) is 5.99. The summed E-state index contributed by atoms with van der Waals surface area (Å²) in [6, 6.07) is 10.1. The van der Waals surface area contributed by atoms with E-state index in [9.17, 15) is 4.79 Å². The number of nitrogens with zero attached hydrogens (tertiary/aromatic N) is 1. The lowest BCUT2D eigenvalue weighted by molar-refractivity contribution is -0.121. The van der Waals surface area contributed by atoms with Crippen LogP contribution in [0.4, 0.5) is 0 Å². The van der Waals surface area contributed by atoms with Crippen LogP contribution in [0.15, 0.2) is 35.7 Å². The molecule has 2 aromatic rings. The smallest absolute Gasteiger partial charge is 0.226 e. The number of carbonyl (C=O) groups is 1. The summed E-state index contributed by atoms with van der Waals surface area (Å²) in [5.41, 5.74) is 1.86. The maximum atomic E-state index is 12.2. The highest BCUT2D eigenvalue weighted by Gasteiger charge is 2.28. The fourth-order valence-electron chi connectivity index (χ4n) is 3.12. The number of amides is 1. The number of nitrogens with one attached hydrogen (secondary N) is 1. The number of hydrogen-bond donors (Lipinski definition) is 1. The Morgan fingerprint density at radius 1 is 1.38 bits per heavy atom. The average Bonchev–Trinajstić information content (AvgIpc) is 3.01. The summed E-state index contributed by atoms with van der Waals surface area (Å²) in [6.45, 7) is 5.73. The highest BCUT2D eigenvalue weighted by Crippen LogP contribution is 2.28. The molecule has 1 aliphatic heterocycles. The van der Waals surface area contributed by atoms with Crippen molar-refractivity contribution in [3.05, 3.63) is 41.4 Å². The molecule has 0 bridgehead atoms. The summed E-state index contributed by atoms with van der Waals surface area (Å²) in [5.74, 6) is 0.539. The van der Waals surface area contributed by atoms with Crippen LogP contribution in [0.5, 0.6) is 0 Å². The molecule has 3 rings (SSSR count). The number of carbonyl (C=O) groups excluding carboxylic acids is 1. The summed E-state index contributed by atoms with van der Waals surface area (Å²) in [4.78, 5) is 16.8. The number of hydrogen-bond acceptors (Lipinski definition) is 4. The van der Waals surface area contributed by atoms with Crippen molar-refractivity contribution in [2.75, 3.05) is 13.2 Å². The number of aromatic nitrogens is 1. The first-order valence-corrected chi connectivity index (χ1v) is 9.30. The Kier molecular flexibility index (Phi) is 5.31. The predicted molar refractivity (Wildman–Crippen MR) is 97.0 cm³/mol. The van der Waals surface area contributed by atoms with Crippen LogP contribution in [0, 0.1) is 5.92 Å². The van der Waals surface area contributed by atoms with Gasteiger partial charge in [0.1, 0.15) is 5.01 Å². The topological polar surface area (TPSA) is 51.2 Å². The van der Waals surface area contributed by atoms with E-state index in [0.717, 1.165) is 42.3 Å². The second-order valence-electron chi connectivity index (χ2n) is 6.96. The number of rotatable bonds is 5. The monoisotopic (exact) mass is 344 g/mol. The van der Waals surface area contributed by atoms with Crippen molar-refractivity contribution in [1.29, 1.82) is 0 Å². The second kappa shape index (κ2) is 7.45. The number of thiazole rings is 1. The molecule has 0 spiro atoms. The summed E-state index contributed by atoms with van der Waals surface area (Å²) < 4.78 is 5.72. The molecule has 24 heavy (non-hydrogen) atoms. The third-order valence-electron chi connectivity index (χ3n) is 4.30. The summed E-state index contributed by atoms with van der Waals surface area (Å²) in [7, 11) is 0. The van der Waals surface area contributed by atoms with Crippen molar-refractivity contribution in [2.24, 2.45) is 5.92 Å². The molecule has 1 fully saturated rings. The van der Waals surface area contributed by atoms with Gasteiger partial charge >= 0.3 is 0 Å². The zero-order valence-electron chi connectivity index (χ0n) is 14.2. The zero-order valence-corrected chi connectivity index (χ0v) is 15.1. The Morgan fingerprint density at radius 2 is 2.17 bits per heavy atom. The van der Waals surface area contributed by atoms with E-state index in [1.54, 1.807) is 11.3 Å². The van der Waals surface area contributed by atoms with Gasteiger partial charge in [-0.05, 0) is 32.6 Å². The van der Waals surface area contributed by atoms with Crippen molar-refractivity contribution in [2.45, 2.75) is 38.7 Å². The molecule has 0 aliphatic carbocycles. The summed E-state index contributed by atoms with van der Waals surface area (Å²) >= 11 is 1.58. The third kappa shape index (κ3) is 4.65. The van der Waals surface area contributed by atoms with Crippen LogP contribution in [-0.4, -0.2) is 29.6 Å². The molecule has 4 nitrogen and oxygen atoms in total. The highest BCUT2D eigenvalue weighted by atomic mass is 32.1. The minimum absolute atomic E-state index is 0.0456. The Labute approximate surface area is 147 Å². The maximum Gasteiger partial charge on any atom is 0.226 e. The van der Waals surface area contributed by atoms with E-state index in [1.165, 1.54) is 0 Å². The minimum atomic E-state index is -0.0762. The van der Waals surface area contributed by atoms with Crippen molar-refractivity contribution in [3.8, 4) is 10.6 Å². The van der Waals surface area contributed by atoms with Gasteiger partial charge in [-0.1, -0.05) is 30.3 Å². The fourth-order valence-corrected chi connectivity index (χ4v) is 3.94. The lowest BCUT2D eigenvalue weighted by Crippen LogP contribution is -2.39. The molecule has 1 aromatic heterocycles. The molecule has 128 valence electrons. The van der Waals surface area contributed by atoms with E-state index < -0.39 is 0 Å². The van der Waals surface area contributed by atoms with Crippen LogP contribution in [0.1, 0.15) is 32.4 Å². The fraction of sp³-hybridized carbons (Fsp3) is 0.474. The third-order valence-corrected chi connectivity index (χ3v) is 5.24. The lowest BCUT2D eigenvalue weighted by Gasteiger charge is -2.35. The van der Waals surface area contributed by atoms with Crippen molar-refractivity contribution >= 4 is 17.2 Å². The predicted octanol–water partition coefficient (Wildman–Crippen LogP) is 3.67. The van der Waals surface area contributed by atoms with Gasteiger partial charge in [0, 0.05) is 24.1 Å². The molecule has 1 aliphatic rings. The van der Waals surface area contributed by atoms with E-state index in [4.69, 9.17) is 4.74 Å². The second-order valence-corrected chi connectivity index (χ2v) is 7.82. The van der Waals surface area contributed by atoms with Gasteiger partial charge < -0.3 is 10.1 Å². The van der Waals surface area contributed by atoms with E-state index in [-0.39, 0.29) is 11.5 Å². The summed E-state index contributed by atoms with van der Waals surface area (Å²) in [6.07, 6.45) is 2.34. The number of benzene rings is 1. The van der Waals surface area contributed by atoms with Gasteiger partial charge in [0.25, 0.3) is 0 Å². The van der Waals surface area contributed by atoms with Crippen LogP contribution in [0.25, 0.3) is 10.6 Å². The SMILES string of the molecule is CC1(C)C[C@H](CNC(=O)Cc2csc(-c3ccccc3)n2)CCO1. The number of ether oxygens (including phenoxy) is 1. The molecule has 1 saturated heterocycles. The Morgan fingerprint density at radius 3 is 2.92 bits per heavy atom. The van der Waals surface area contributed by atoms with Gasteiger partial charge in [-0.15, -0.1) is 11.3 Å². The molecular formula is C19H24N2O2S. The zero-order chi connectivity index (χ0) is 17.0. The van der Waals surface area contributed by atoms with Gasteiger partial charge in [0.05, 0.1) is 17.7 Å². The van der Waals surface area contributed by atoms with E-state index in [0.29, 0.717) is 12.3 Å². The molecular weight excluding hydrogens is 320 g/mol. The van der Waals surface area contributed by atoms with Gasteiger partial charge in [-0.2, -0.15) is 0 Å². The molecule has 2 heterocycles. The van der Waals surface area contributed by atoms with E-state index in [2.05, 4.69) is 24.1 Å². The quantitative estimate of drug-likeness (QED) is 0.900. The molecule has 5 heteroatoms. The first kappa shape index (κ1) is 17.1. The van der Waals surface area contributed by atoms with Crippen LogP contribution < -0.4 is 5.32 Å². The van der Waals surface area contributed by atoms with Crippen LogP contribution >= 0.6 is 11.3 Å². The van der Waals surface area contributed by atoms with Crippen LogP contribution in [0.2, 0.25) is 0 Å². The lowest BCUT2D eigenvalue weighted by atomic mass is 9.88. The Hall–Kier alpha value is -1.72. The van der Waals surface area contributed by atoms with Crippen LogP contribution in [-0.2, 0) is 16.0 Å². The van der Waals surface area contributed by atoms with Gasteiger partial charge in [-0.3, -0.25) is 4.79 Å². The molecule has 0 radical (unpaired) electrons. The van der Waals surface area contributed by atoms with Crippen molar-refractivity contribution in [1.82, 2.24) is 10.3 Å². The first-order chi connectivity index (χ1) is 11.5. The largest absolute Gasteiger partial charge is 0.376 e. The normalized spacial score (nSPS) is 19.8. The molecule has 1 amide bonds. The van der Waals surface area contributed by atoms with Gasteiger partial charge in [0.15, 0.2) is 0 Å². The molecule has 1 aromatic carbocycles. The first-order valence-electron chi connectivity index (χ1n) is 8.42. The molecule has 1 atom stereocenters. The maximum absolute atomic E-state index is 12.2. The minimum Gasteiger partial charge on any atom is -0.376 e. The van der Waals surface area contributed by atoms with Gasteiger partial charge in [-0.25, -0.2) is 4.98 Å². The standard InChI is InChI=1S/C19H24N2O2S/c1-19(2)11-14(8-9-23-19)12-20-17(22)10-16-13-24-18(21-16)15-6-4-3-5-7-15/h3-7,13-14H,8-12H2,1-2H3,(H,20,22)/t14-/m1/s1. The molecule has 1 N–H and O–H groups in total. The molecule has 0 unspecified atom stereocenters. The average molecular weight is 344 g/mol. The Balaban J connectivity index is 1.50. The van der Waals surface area contributed by atoms with E-state index in [1.807, 2.05) is 35.7 Å². The van der Waals surface area contributed by atoms with Crippen LogP contribution in [0.3, 0.4) is 0 Å². The van der Waals surface area contributed by atoms with Crippen molar-refractivity contribution in [3.63, 3.8) is 0 Å². The highest BCUT2D eigenvalue weighted by molar-refractivity contribution is 7.13. The Bertz CT molecular complexity index is 682.